The van der Waals surface area contributed by atoms with Gasteiger partial charge in [-0.25, -0.2) is 4.98 Å². The van der Waals surface area contributed by atoms with Crippen LogP contribution in [0.5, 0.6) is 0 Å². The first-order chi connectivity index (χ1) is 13.2. The Hall–Kier alpha value is -2.53. The summed E-state index contributed by atoms with van der Waals surface area (Å²) in [4.78, 5) is 53.0. The number of piperazine rings is 1. The summed E-state index contributed by atoms with van der Waals surface area (Å²) in [7, 11) is 0. The van der Waals surface area contributed by atoms with Crippen LogP contribution in [0.3, 0.4) is 0 Å². The zero-order valence-corrected chi connectivity index (χ0v) is 16.6. The van der Waals surface area contributed by atoms with Crippen molar-refractivity contribution in [3.8, 4) is 0 Å². The minimum atomic E-state index is -1.51. The van der Waals surface area contributed by atoms with Crippen molar-refractivity contribution in [3.63, 3.8) is 0 Å². The highest BCUT2D eigenvalue weighted by molar-refractivity contribution is 7.13. The van der Waals surface area contributed by atoms with Gasteiger partial charge in [0.2, 0.25) is 5.91 Å². The topological polar surface area (TPSA) is 140 Å². The van der Waals surface area contributed by atoms with Crippen LogP contribution in [0, 0.1) is 13.8 Å². The molecule has 2 saturated heterocycles. The second kappa shape index (κ2) is 9.11. The van der Waals surface area contributed by atoms with Crippen molar-refractivity contribution in [1.82, 2.24) is 20.1 Å². The molecule has 0 aliphatic carbocycles. The van der Waals surface area contributed by atoms with E-state index in [-0.39, 0.29) is 37.7 Å². The van der Waals surface area contributed by atoms with Crippen molar-refractivity contribution < 1.29 is 29.4 Å². The molecule has 11 heteroatoms. The molecule has 3 heterocycles. The molecule has 0 aromatic carbocycles. The highest BCUT2D eigenvalue weighted by Crippen LogP contribution is 2.27. The molecule has 0 radical (unpaired) electrons. The molecule has 2 fully saturated rings. The Labute approximate surface area is 166 Å². The number of piperidine rings is 1. The lowest BCUT2D eigenvalue weighted by atomic mass is 9.89. The summed E-state index contributed by atoms with van der Waals surface area (Å²) in [5.74, 6) is -0.735. The number of amides is 3. The van der Waals surface area contributed by atoms with Gasteiger partial charge >= 0.3 is 0 Å². The van der Waals surface area contributed by atoms with Crippen LogP contribution < -0.4 is 5.32 Å². The standard InChI is InChI=1S/C16H22N4O4S.CH2O2/c1-10-13(25-11(2)18-10)14(22)19-6-3-16(24,4-7-19)15(23)20-8-5-17-12(21)9-20;2-1-3/h24H,3-9H2,1-2H3,(H,17,21);1H,(H,2,3). The van der Waals surface area contributed by atoms with Gasteiger partial charge in [-0.3, -0.25) is 19.2 Å². The number of carboxylic acid groups (broad SMARTS) is 1. The number of aliphatic hydroxyl groups is 1. The second-order valence-electron chi connectivity index (χ2n) is 6.65. The molecule has 1 aromatic rings. The smallest absolute Gasteiger partial charge is 0.290 e. The zero-order chi connectivity index (χ0) is 20.9. The normalized spacial score (nSPS) is 18.6. The van der Waals surface area contributed by atoms with Crippen molar-refractivity contribution in [1.29, 1.82) is 0 Å². The monoisotopic (exact) mass is 412 g/mol. The molecule has 1 aromatic heterocycles. The molecule has 0 saturated carbocycles. The first-order valence-electron chi connectivity index (χ1n) is 8.81. The first-order valence-corrected chi connectivity index (χ1v) is 9.63. The number of nitrogens with one attached hydrogen (secondary N) is 1. The number of hydrogen-bond acceptors (Lipinski definition) is 7. The van der Waals surface area contributed by atoms with E-state index in [0.717, 1.165) is 5.01 Å². The van der Waals surface area contributed by atoms with E-state index in [1.165, 1.54) is 16.2 Å². The fourth-order valence-corrected chi connectivity index (χ4v) is 4.16. The molecule has 0 unspecified atom stereocenters. The number of carbonyl (C=O) groups is 4. The van der Waals surface area contributed by atoms with Crippen LogP contribution in [-0.2, 0) is 14.4 Å². The Morgan fingerprint density at radius 3 is 2.32 bits per heavy atom. The number of rotatable bonds is 2. The van der Waals surface area contributed by atoms with E-state index >= 15 is 0 Å². The number of nitrogens with zero attached hydrogens (tertiary/aromatic N) is 3. The van der Waals surface area contributed by atoms with Gasteiger partial charge in [0.05, 0.1) is 17.2 Å². The van der Waals surface area contributed by atoms with E-state index in [9.17, 15) is 19.5 Å². The van der Waals surface area contributed by atoms with E-state index in [1.54, 1.807) is 4.90 Å². The van der Waals surface area contributed by atoms with Gasteiger partial charge in [0.25, 0.3) is 18.3 Å². The maximum atomic E-state index is 12.6. The van der Waals surface area contributed by atoms with Gasteiger partial charge < -0.3 is 25.3 Å². The molecule has 10 nitrogen and oxygen atoms in total. The van der Waals surface area contributed by atoms with E-state index in [0.29, 0.717) is 36.8 Å². The third-order valence-electron chi connectivity index (χ3n) is 4.70. The van der Waals surface area contributed by atoms with Crippen molar-refractivity contribution in [2.45, 2.75) is 32.3 Å². The van der Waals surface area contributed by atoms with Crippen LogP contribution in [0.1, 0.15) is 33.2 Å². The Bertz CT molecular complexity index is 757. The number of thiazole rings is 1. The number of likely N-dealkylation sites (tertiary alicyclic amines) is 1. The molecule has 3 rings (SSSR count). The van der Waals surface area contributed by atoms with Gasteiger partial charge in [-0.05, 0) is 13.8 Å². The SMILES string of the molecule is Cc1nc(C)c(C(=O)N2CCC(O)(C(=O)N3CCNC(=O)C3)CC2)s1.O=CO. The summed E-state index contributed by atoms with van der Waals surface area (Å²) < 4.78 is 0. The molecule has 2 aliphatic rings. The van der Waals surface area contributed by atoms with Crippen LogP contribution >= 0.6 is 11.3 Å². The number of aryl methyl sites for hydroxylation is 2. The highest BCUT2D eigenvalue weighted by atomic mass is 32.1. The summed E-state index contributed by atoms with van der Waals surface area (Å²) >= 11 is 1.36. The lowest BCUT2D eigenvalue weighted by molar-refractivity contribution is -0.158. The van der Waals surface area contributed by atoms with Crippen molar-refractivity contribution in [2.75, 3.05) is 32.7 Å². The Morgan fingerprint density at radius 2 is 1.82 bits per heavy atom. The summed E-state index contributed by atoms with van der Waals surface area (Å²) in [5.41, 5.74) is -0.795. The van der Waals surface area contributed by atoms with Crippen LogP contribution in [0.25, 0.3) is 0 Å². The molecular formula is C17H24N4O6S. The zero-order valence-electron chi connectivity index (χ0n) is 15.8. The lowest BCUT2D eigenvalue weighted by Gasteiger charge is -2.40. The molecule has 0 spiro atoms. The summed E-state index contributed by atoms with van der Waals surface area (Å²) in [5, 5.41) is 21.1. The van der Waals surface area contributed by atoms with Crippen LogP contribution in [0.15, 0.2) is 0 Å². The van der Waals surface area contributed by atoms with Gasteiger partial charge in [-0.2, -0.15) is 0 Å². The van der Waals surface area contributed by atoms with E-state index < -0.39 is 11.5 Å². The van der Waals surface area contributed by atoms with Gasteiger partial charge in [0.15, 0.2) is 0 Å². The largest absolute Gasteiger partial charge is 0.483 e. The van der Waals surface area contributed by atoms with Gasteiger partial charge in [-0.1, -0.05) is 0 Å². The van der Waals surface area contributed by atoms with E-state index in [1.807, 2.05) is 13.8 Å². The summed E-state index contributed by atoms with van der Waals surface area (Å²) in [6.45, 7) is 4.79. The predicted molar refractivity (Wildman–Crippen MR) is 100.0 cm³/mol. The van der Waals surface area contributed by atoms with E-state index in [4.69, 9.17) is 9.90 Å². The lowest BCUT2D eigenvalue weighted by Crippen LogP contribution is -2.59. The fourth-order valence-electron chi connectivity index (χ4n) is 3.27. The highest BCUT2D eigenvalue weighted by Gasteiger charge is 2.43. The molecule has 28 heavy (non-hydrogen) atoms. The second-order valence-corrected chi connectivity index (χ2v) is 7.86. The van der Waals surface area contributed by atoms with Crippen LogP contribution in [0.4, 0.5) is 0 Å². The van der Waals surface area contributed by atoms with Crippen molar-refractivity contribution in [3.05, 3.63) is 15.6 Å². The summed E-state index contributed by atoms with van der Waals surface area (Å²) in [6.07, 6.45) is 0.346. The maximum Gasteiger partial charge on any atom is 0.290 e. The molecule has 3 amide bonds. The number of aromatic nitrogens is 1. The minimum absolute atomic E-state index is 0.0247. The average molecular weight is 412 g/mol. The fraction of sp³-hybridized carbons (Fsp3) is 0.588. The maximum absolute atomic E-state index is 12.6. The Morgan fingerprint density at radius 1 is 1.21 bits per heavy atom. The minimum Gasteiger partial charge on any atom is -0.483 e. The molecule has 2 aliphatic heterocycles. The molecule has 154 valence electrons. The molecule has 3 N–H and O–H groups in total. The Balaban J connectivity index is 0.000000878. The summed E-state index contributed by atoms with van der Waals surface area (Å²) in [6, 6.07) is 0. The quantitative estimate of drug-likeness (QED) is 0.550. The third-order valence-corrected chi connectivity index (χ3v) is 5.76. The van der Waals surface area contributed by atoms with E-state index in [2.05, 4.69) is 10.3 Å². The number of carbonyl (C=O) groups excluding carboxylic acids is 3. The molecule has 0 atom stereocenters. The van der Waals surface area contributed by atoms with Gasteiger partial charge in [0.1, 0.15) is 10.5 Å². The van der Waals surface area contributed by atoms with Crippen LogP contribution in [0.2, 0.25) is 0 Å². The molecule has 0 bridgehead atoms. The number of hydrogen-bond donors (Lipinski definition) is 3. The third kappa shape index (κ3) is 4.84. The van der Waals surface area contributed by atoms with Crippen molar-refractivity contribution >= 4 is 35.5 Å². The van der Waals surface area contributed by atoms with Crippen LogP contribution in [-0.4, -0.2) is 87.5 Å². The van der Waals surface area contributed by atoms with Crippen molar-refractivity contribution in [2.24, 2.45) is 0 Å². The molecular weight excluding hydrogens is 388 g/mol. The van der Waals surface area contributed by atoms with Gasteiger partial charge in [0, 0.05) is 39.0 Å². The van der Waals surface area contributed by atoms with Gasteiger partial charge in [-0.15, -0.1) is 11.3 Å². The average Bonchev–Trinajstić information content (AvgIpc) is 3.00. The first kappa shape index (κ1) is 21.8. The Kier molecular flexibility index (Phi) is 7.08. The predicted octanol–water partition coefficient (Wildman–Crippen LogP) is -0.614.